The smallest absolute Gasteiger partial charge is 0.238 e. The van der Waals surface area contributed by atoms with Gasteiger partial charge in [-0.15, -0.1) is 0 Å². The highest BCUT2D eigenvalue weighted by atomic mass is 16.2. The summed E-state index contributed by atoms with van der Waals surface area (Å²) in [6, 6.07) is 7.97. The highest BCUT2D eigenvalue weighted by Crippen LogP contribution is 2.45. The first-order valence-electron chi connectivity index (χ1n) is 11.2. The van der Waals surface area contributed by atoms with E-state index in [1.54, 1.807) is 0 Å². The van der Waals surface area contributed by atoms with Crippen molar-refractivity contribution < 1.29 is 9.59 Å². The van der Waals surface area contributed by atoms with E-state index in [1.165, 1.54) is 19.3 Å². The number of benzene rings is 1. The third-order valence-electron chi connectivity index (χ3n) is 7.16. The average Bonchev–Trinajstić information content (AvgIpc) is 3.19. The van der Waals surface area contributed by atoms with Crippen LogP contribution in [-0.2, 0) is 16.0 Å². The van der Waals surface area contributed by atoms with Crippen LogP contribution in [0.4, 0.5) is 5.69 Å². The number of piperazine rings is 1. The molecule has 2 saturated heterocycles. The Morgan fingerprint density at radius 2 is 1.97 bits per heavy atom. The quantitative estimate of drug-likeness (QED) is 0.797. The molecule has 6 nitrogen and oxygen atoms in total. The first-order valence-corrected chi connectivity index (χ1v) is 11.2. The Labute approximate surface area is 174 Å². The number of aryl methyl sites for hydroxylation is 1. The third-order valence-corrected chi connectivity index (χ3v) is 7.16. The minimum Gasteiger partial charge on any atom is -0.340 e. The number of hydrogen-bond donors (Lipinski definition) is 2. The van der Waals surface area contributed by atoms with Gasteiger partial charge in [0.1, 0.15) is 0 Å². The molecule has 4 rings (SSSR count). The van der Waals surface area contributed by atoms with Gasteiger partial charge in [0.2, 0.25) is 11.8 Å². The first kappa shape index (κ1) is 20.4. The number of nitrogens with one attached hydrogen (secondary N) is 2. The lowest BCUT2D eigenvalue weighted by Crippen LogP contribution is -2.56. The lowest BCUT2D eigenvalue weighted by Gasteiger charge is -2.43. The Bertz CT molecular complexity index is 744. The van der Waals surface area contributed by atoms with E-state index in [0.717, 1.165) is 63.4 Å². The normalized spacial score (nSPS) is 27.5. The molecule has 0 aromatic heterocycles. The summed E-state index contributed by atoms with van der Waals surface area (Å²) >= 11 is 0. The molecule has 0 spiro atoms. The van der Waals surface area contributed by atoms with Crippen LogP contribution >= 0.6 is 0 Å². The van der Waals surface area contributed by atoms with Crippen LogP contribution in [0.25, 0.3) is 0 Å². The minimum atomic E-state index is -0.165. The molecule has 0 bridgehead atoms. The van der Waals surface area contributed by atoms with Gasteiger partial charge in [0.15, 0.2) is 0 Å². The lowest BCUT2D eigenvalue weighted by atomic mass is 9.67. The van der Waals surface area contributed by atoms with Gasteiger partial charge in [0.05, 0.1) is 12.0 Å². The molecule has 3 aliphatic rings. The summed E-state index contributed by atoms with van der Waals surface area (Å²) in [6.45, 7) is 7.30. The number of fused-ring (bicyclic) bond motifs is 1. The Morgan fingerprint density at radius 3 is 2.76 bits per heavy atom. The maximum atomic E-state index is 13.4. The van der Waals surface area contributed by atoms with Gasteiger partial charge >= 0.3 is 0 Å². The molecule has 3 fully saturated rings. The molecule has 1 saturated carbocycles. The first-order chi connectivity index (χ1) is 14.1. The van der Waals surface area contributed by atoms with Crippen molar-refractivity contribution in [2.24, 2.45) is 11.3 Å². The second-order valence-corrected chi connectivity index (χ2v) is 8.86. The van der Waals surface area contributed by atoms with Gasteiger partial charge in [-0.25, -0.2) is 0 Å². The van der Waals surface area contributed by atoms with Crippen LogP contribution in [0.2, 0.25) is 0 Å². The Balaban J connectivity index is 1.29. The van der Waals surface area contributed by atoms with Crippen LogP contribution in [-0.4, -0.2) is 67.4 Å². The maximum Gasteiger partial charge on any atom is 0.238 e. The number of amides is 2. The zero-order valence-corrected chi connectivity index (χ0v) is 17.6. The van der Waals surface area contributed by atoms with Gasteiger partial charge < -0.3 is 15.5 Å². The topological polar surface area (TPSA) is 64.7 Å². The van der Waals surface area contributed by atoms with Crippen molar-refractivity contribution in [1.82, 2.24) is 15.1 Å². The van der Waals surface area contributed by atoms with E-state index in [2.05, 4.69) is 33.4 Å². The van der Waals surface area contributed by atoms with Crippen LogP contribution in [0.3, 0.4) is 0 Å². The number of para-hydroxylation sites is 1. The van der Waals surface area contributed by atoms with Crippen molar-refractivity contribution >= 4 is 17.5 Å². The van der Waals surface area contributed by atoms with E-state index in [-0.39, 0.29) is 11.3 Å². The number of hydrogen-bond acceptors (Lipinski definition) is 4. The number of carbonyl (C=O) groups excluding carboxylic acids is 2. The summed E-state index contributed by atoms with van der Waals surface area (Å²) in [5.41, 5.74) is 1.90. The average molecular weight is 399 g/mol. The number of carbonyl (C=O) groups is 2. The molecular weight excluding hydrogens is 364 g/mol. The van der Waals surface area contributed by atoms with Crippen molar-refractivity contribution in [3.63, 3.8) is 0 Å². The van der Waals surface area contributed by atoms with Gasteiger partial charge in [-0.3, -0.25) is 14.5 Å². The van der Waals surface area contributed by atoms with Crippen LogP contribution in [0.1, 0.15) is 38.2 Å². The van der Waals surface area contributed by atoms with Gasteiger partial charge in [0, 0.05) is 38.4 Å². The fourth-order valence-corrected chi connectivity index (χ4v) is 5.44. The summed E-state index contributed by atoms with van der Waals surface area (Å²) in [5.74, 6) is 0.885. The van der Waals surface area contributed by atoms with Crippen LogP contribution in [0.15, 0.2) is 24.3 Å². The molecule has 2 aliphatic heterocycles. The second kappa shape index (κ2) is 8.84. The fourth-order valence-electron chi connectivity index (χ4n) is 5.44. The van der Waals surface area contributed by atoms with Crippen LogP contribution < -0.4 is 10.6 Å². The predicted molar refractivity (Wildman–Crippen MR) is 115 cm³/mol. The van der Waals surface area contributed by atoms with Crippen molar-refractivity contribution in [2.45, 2.75) is 39.0 Å². The van der Waals surface area contributed by atoms with Crippen molar-refractivity contribution in [3.8, 4) is 0 Å². The van der Waals surface area contributed by atoms with Crippen LogP contribution in [0, 0.1) is 11.3 Å². The van der Waals surface area contributed by atoms with Gasteiger partial charge in [-0.05, 0) is 43.4 Å². The van der Waals surface area contributed by atoms with E-state index in [4.69, 9.17) is 0 Å². The zero-order valence-electron chi connectivity index (χ0n) is 17.6. The molecule has 158 valence electrons. The Kier molecular flexibility index (Phi) is 6.20. The highest BCUT2D eigenvalue weighted by molar-refractivity contribution is 5.93. The monoisotopic (exact) mass is 398 g/mol. The molecule has 2 atom stereocenters. The Hall–Kier alpha value is -1.92. The minimum absolute atomic E-state index is 0.0246. The molecule has 0 radical (unpaired) electrons. The van der Waals surface area contributed by atoms with Gasteiger partial charge in [-0.1, -0.05) is 38.0 Å². The molecule has 2 amide bonds. The number of anilines is 1. The summed E-state index contributed by atoms with van der Waals surface area (Å²) in [4.78, 5) is 30.1. The van der Waals surface area contributed by atoms with E-state index >= 15 is 0 Å². The fraction of sp³-hybridized carbons (Fsp3) is 0.652. The largest absolute Gasteiger partial charge is 0.340 e. The molecular formula is C23H34N4O2. The summed E-state index contributed by atoms with van der Waals surface area (Å²) < 4.78 is 0. The van der Waals surface area contributed by atoms with E-state index < -0.39 is 0 Å². The van der Waals surface area contributed by atoms with Crippen LogP contribution in [0.5, 0.6) is 0 Å². The third kappa shape index (κ3) is 4.19. The molecule has 29 heavy (non-hydrogen) atoms. The van der Waals surface area contributed by atoms with Crippen molar-refractivity contribution in [1.29, 1.82) is 0 Å². The molecule has 1 aromatic rings. The van der Waals surface area contributed by atoms with Gasteiger partial charge in [-0.2, -0.15) is 0 Å². The zero-order chi connectivity index (χ0) is 20.3. The number of nitrogens with zero attached hydrogens (tertiary/aromatic N) is 2. The molecule has 6 heteroatoms. The molecule has 0 unspecified atom stereocenters. The SMILES string of the molecule is CCc1ccccc1NC(=O)CN1CCN(C(=O)[C@@]23CCCC[C@H]2CNC3)CC1. The summed E-state index contributed by atoms with van der Waals surface area (Å²) in [6.07, 6.45) is 5.53. The molecule has 2 heterocycles. The van der Waals surface area contributed by atoms with Crippen molar-refractivity contribution in [2.75, 3.05) is 51.1 Å². The van der Waals surface area contributed by atoms with E-state index in [1.807, 2.05) is 18.2 Å². The molecule has 1 aromatic carbocycles. The Morgan fingerprint density at radius 1 is 1.17 bits per heavy atom. The van der Waals surface area contributed by atoms with Gasteiger partial charge in [0.25, 0.3) is 0 Å². The standard InChI is InChI=1S/C23H34N4O2/c1-2-18-7-3-4-9-20(18)25-21(28)16-26-11-13-27(14-12-26)22(29)23-10-6-5-8-19(23)15-24-17-23/h3-4,7,9,19,24H,2,5-6,8,10-17H2,1H3,(H,25,28)/t19-,23+/m0/s1. The summed E-state index contributed by atoms with van der Waals surface area (Å²) in [7, 11) is 0. The highest BCUT2D eigenvalue weighted by Gasteiger charge is 2.51. The summed E-state index contributed by atoms with van der Waals surface area (Å²) in [5, 5.41) is 6.54. The van der Waals surface area contributed by atoms with E-state index in [0.29, 0.717) is 18.4 Å². The second-order valence-electron chi connectivity index (χ2n) is 8.86. The molecule has 1 aliphatic carbocycles. The van der Waals surface area contributed by atoms with Crippen molar-refractivity contribution in [3.05, 3.63) is 29.8 Å². The molecule has 2 N–H and O–H groups in total. The number of rotatable bonds is 5. The maximum absolute atomic E-state index is 13.4. The van der Waals surface area contributed by atoms with E-state index in [9.17, 15) is 9.59 Å². The lowest BCUT2D eigenvalue weighted by molar-refractivity contribution is -0.147. The predicted octanol–water partition coefficient (Wildman–Crippen LogP) is 2.11.